The SMILES string of the molecule is CC(C)Oc1ccc(-c2nc(-c3cccc4c3CCN4CCCC(=O)O)no2)cc1Cl. The third-order valence-corrected chi connectivity index (χ3v) is 5.45. The summed E-state index contributed by atoms with van der Waals surface area (Å²) < 4.78 is 11.2. The first-order valence-corrected chi connectivity index (χ1v) is 10.7. The van der Waals surface area contributed by atoms with Crippen LogP contribution in [0.4, 0.5) is 5.69 Å². The number of hydrogen-bond acceptors (Lipinski definition) is 6. The van der Waals surface area contributed by atoms with Crippen LogP contribution in [0.25, 0.3) is 22.8 Å². The van der Waals surface area contributed by atoms with Crippen molar-refractivity contribution in [1.82, 2.24) is 10.1 Å². The maximum absolute atomic E-state index is 10.8. The third kappa shape index (κ3) is 4.66. The lowest BCUT2D eigenvalue weighted by Crippen LogP contribution is -2.22. The van der Waals surface area contributed by atoms with Crippen LogP contribution in [0.5, 0.6) is 5.75 Å². The summed E-state index contributed by atoms with van der Waals surface area (Å²) in [5.74, 6) is 0.764. The van der Waals surface area contributed by atoms with Crippen LogP contribution in [0.3, 0.4) is 0 Å². The highest BCUT2D eigenvalue weighted by Crippen LogP contribution is 2.36. The number of rotatable bonds is 8. The lowest BCUT2D eigenvalue weighted by Gasteiger charge is -2.19. The molecule has 0 aliphatic carbocycles. The molecule has 162 valence electrons. The number of carboxylic acids is 1. The van der Waals surface area contributed by atoms with E-state index in [1.807, 2.05) is 32.0 Å². The fourth-order valence-corrected chi connectivity index (χ4v) is 4.02. The topological polar surface area (TPSA) is 88.7 Å². The number of ether oxygens (including phenoxy) is 1. The van der Waals surface area contributed by atoms with E-state index >= 15 is 0 Å². The minimum absolute atomic E-state index is 0.0298. The molecule has 0 saturated carbocycles. The van der Waals surface area contributed by atoms with Gasteiger partial charge < -0.3 is 19.3 Å². The number of carboxylic acid groups (broad SMARTS) is 1. The molecule has 2 aromatic carbocycles. The molecule has 7 nitrogen and oxygen atoms in total. The van der Waals surface area contributed by atoms with Crippen molar-refractivity contribution in [2.45, 2.75) is 39.2 Å². The number of aromatic nitrogens is 2. The van der Waals surface area contributed by atoms with Gasteiger partial charge in [-0.1, -0.05) is 28.9 Å². The summed E-state index contributed by atoms with van der Waals surface area (Å²) in [6.45, 7) is 5.45. The molecule has 0 bridgehead atoms. The molecule has 1 aromatic heterocycles. The summed E-state index contributed by atoms with van der Waals surface area (Å²) in [7, 11) is 0. The Bertz CT molecular complexity index is 1100. The molecule has 1 aliphatic heterocycles. The lowest BCUT2D eigenvalue weighted by atomic mass is 10.0. The molecule has 0 atom stereocenters. The Morgan fingerprint density at radius 3 is 2.90 bits per heavy atom. The van der Waals surface area contributed by atoms with Gasteiger partial charge >= 0.3 is 5.97 Å². The van der Waals surface area contributed by atoms with Gasteiger partial charge in [-0.05, 0) is 56.5 Å². The second-order valence-electron chi connectivity index (χ2n) is 7.77. The van der Waals surface area contributed by atoms with Crippen molar-refractivity contribution >= 4 is 23.3 Å². The molecule has 1 aliphatic rings. The van der Waals surface area contributed by atoms with Crippen molar-refractivity contribution < 1.29 is 19.2 Å². The van der Waals surface area contributed by atoms with Gasteiger partial charge in [-0.3, -0.25) is 4.79 Å². The van der Waals surface area contributed by atoms with Crippen molar-refractivity contribution in [3.8, 4) is 28.6 Å². The number of benzene rings is 2. The van der Waals surface area contributed by atoms with Gasteiger partial charge in [0.1, 0.15) is 5.75 Å². The van der Waals surface area contributed by atoms with Gasteiger partial charge in [0, 0.05) is 36.3 Å². The molecule has 0 spiro atoms. The zero-order valence-electron chi connectivity index (χ0n) is 17.5. The third-order valence-electron chi connectivity index (χ3n) is 5.15. The van der Waals surface area contributed by atoms with Crippen LogP contribution in [0.2, 0.25) is 5.02 Å². The number of anilines is 1. The normalized spacial score (nSPS) is 13.0. The number of halogens is 1. The Morgan fingerprint density at radius 2 is 2.16 bits per heavy atom. The number of nitrogens with zero attached hydrogens (tertiary/aromatic N) is 3. The Balaban J connectivity index is 1.56. The summed E-state index contributed by atoms with van der Waals surface area (Å²) >= 11 is 6.34. The molecule has 0 fully saturated rings. The molecular weight excluding hydrogens is 418 g/mol. The van der Waals surface area contributed by atoms with Crippen molar-refractivity contribution in [2.24, 2.45) is 0 Å². The fourth-order valence-electron chi connectivity index (χ4n) is 3.80. The Labute approximate surface area is 185 Å². The predicted molar refractivity (Wildman–Crippen MR) is 119 cm³/mol. The maximum Gasteiger partial charge on any atom is 0.303 e. The van der Waals surface area contributed by atoms with Gasteiger partial charge in [0.15, 0.2) is 0 Å². The highest BCUT2D eigenvalue weighted by atomic mass is 35.5. The molecule has 8 heteroatoms. The van der Waals surface area contributed by atoms with E-state index in [9.17, 15) is 4.79 Å². The van der Waals surface area contributed by atoms with Gasteiger partial charge in [0.25, 0.3) is 5.89 Å². The molecule has 4 rings (SSSR count). The zero-order chi connectivity index (χ0) is 22.0. The van der Waals surface area contributed by atoms with E-state index in [2.05, 4.69) is 21.1 Å². The standard InChI is InChI=1S/C23H24ClN3O4/c1-14(2)30-20-9-8-15(13-18(20)24)23-25-22(26-31-23)17-5-3-6-19-16(17)10-12-27(19)11-4-7-21(28)29/h3,5-6,8-9,13-14H,4,7,10-12H2,1-2H3,(H,28,29). The van der Waals surface area contributed by atoms with Crippen molar-refractivity contribution in [1.29, 1.82) is 0 Å². The van der Waals surface area contributed by atoms with E-state index in [1.54, 1.807) is 12.1 Å². The van der Waals surface area contributed by atoms with Gasteiger partial charge in [-0.2, -0.15) is 4.98 Å². The molecule has 0 amide bonds. The Morgan fingerprint density at radius 1 is 1.32 bits per heavy atom. The zero-order valence-corrected chi connectivity index (χ0v) is 18.2. The molecule has 1 N–H and O–H groups in total. The molecule has 2 heterocycles. The van der Waals surface area contributed by atoms with Gasteiger partial charge in [0.05, 0.1) is 11.1 Å². The number of hydrogen-bond donors (Lipinski definition) is 1. The first-order valence-electron chi connectivity index (χ1n) is 10.3. The quantitative estimate of drug-likeness (QED) is 0.521. The lowest BCUT2D eigenvalue weighted by molar-refractivity contribution is -0.137. The monoisotopic (exact) mass is 441 g/mol. The van der Waals surface area contributed by atoms with Gasteiger partial charge in [0.2, 0.25) is 5.82 Å². The van der Waals surface area contributed by atoms with E-state index in [-0.39, 0.29) is 12.5 Å². The van der Waals surface area contributed by atoms with Crippen LogP contribution in [-0.2, 0) is 11.2 Å². The average molecular weight is 442 g/mol. The molecular formula is C23H24ClN3O4. The fraction of sp³-hybridized carbons (Fsp3) is 0.348. The van der Waals surface area contributed by atoms with Crippen LogP contribution < -0.4 is 9.64 Å². The predicted octanol–water partition coefficient (Wildman–Crippen LogP) is 5.07. The maximum atomic E-state index is 10.8. The van der Waals surface area contributed by atoms with Crippen LogP contribution in [0.1, 0.15) is 32.3 Å². The summed E-state index contributed by atoms with van der Waals surface area (Å²) in [6.07, 6.45) is 1.67. The molecule has 3 aromatic rings. The van der Waals surface area contributed by atoms with E-state index in [4.69, 9.17) is 26.0 Å². The smallest absolute Gasteiger partial charge is 0.303 e. The summed E-state index contributed by atoms with van der Waals surface area (Å²) in [5.41, 5.74) is 3.91. The minimum Gasteiger partial charge on any atom is -0.489 e. The van der Waals surface area contributed by atoms with E-state index in [0.29, 0.717) is 35.5 Å². The first-order chi connectivity index (χ1) is 14.9. The van der Waals surface area contributed by atoms with Gasteiger partial charge in [-0.15, -0.1) is 0 Å². The molecule has 0 saturated heterocycles. The van der Waals surface area contributed by atoms with Crippen LogP contribution in [0.15, 0.2) is 40.9 Å². The molecule has 0 radical (unpaired) electrons. The van der Waals surface area contributed by atoms with E-state index in [1.165, 1.54) is 0 Å². The Hall–Kier alpha value is -3.06. The molecule has 31 heavy (non-hydrogen) atoms. The molecule has 0 unspecified atom stereocenters. The van der Waals surface area contributed by atoms with E-state index < -0.39 is 5.97 Å². The van der Waals surface area contributed by atoms with Crippen LogP contribution in [-0.4, -0.2) is 40.4 Å². The van der Waals surface area contributed by atoms with Crippen molar-refractivity contribution in [2.75, 3.05) is 18.0 Å². The first kappa shape index (κ1) is 21.2. The summed E-state index contributed by atoms with van der Waals surface area (Å²) in [6, 6.07) is 11.4. The summed E-state index contributed by atoms with van der Waals surface area (Å²) in [5, 5.41) is 13.6. The average Bonchev–Trinajstić information content (AvgIpc) is 3.36. The summed E-state index contributed by atoms with van der Waals surface area (Å²) in [4.78, 5) is 17.6. The van der Waals surface area contributed by atoms with Crippen molar-refractivity contribution in [3.05, 3.63) is 47.0 Å². The van der Waals surface area contributed by atoms with Crippen LogP contribution >= 0.6 is 11.6 Å². The Kier molecular flexibility index (Phi) is 6.13. The second kappa shape index (κ2) is 8.98. The van der Waals surface area contributed by atoms with Crippen LogP contribution in [0, 0.1) is 0 Å². The highest BCUT2D eigenvalue weighted by molar-refractivity contribution is 6.32. The van der Waals surface area contributed by atoms with Crippen molar-refractivity contribution in [3.63, 3.8) is 0 Å². The minimum atomic E-state index is -0.767. The number of fused-ring (bicyclic) bond motifs is 1. The number of aliphatic carboxylic acids is 1. The number of carbonyl (C=O) groups is 1. The largest absolute Gasteiger partial charge is 0.489 e. The second-order valence-corrected chi connectivity index (χ2v) is 8.18. The van der Waals surface area contributed by atoms with Gasteiger partial charge in [-0.25, -0.2) is 0 Å². The van der Waals surface area contributed by atoms with E-state index in [0.717, 1.165) is 35.3 Å². The highest BCUT2D eigenvalue weighted by Gasteiger charge is 2.24.